The minimum absolute atomic E-state index is 0.788. The highest BCUT2D eigenvalue weighted by atomic mass is 32.1. The summed E-state index contributed by atoms with van der Waals surface area (Å²) >= 11 is 1.83. The highest BCUT2D eigenvalue weighted by Crippen LogP contribution is 2.27. The molecule has 0 aliphatic heterocycles. The van der Waals surface area contributed by atoms with Gasteiger partial charge in [0.05, 0.1) is 7.11 Å². The fraction of sp³-hybridized carbons (Fsp3) is 0.333. The van der Waals surface area contributed by atoms with Gasteiger partial charge in [-0.15, -0.1) is 11.3 Å². The number of thiophene rings is 1. The van der Waals surface area contributed by atoms with E-state index in [0.29, 0.717) is 0 Å². The number of unbranched alkanes of at least 4 members (excludes halogenated alkanes) is 1. The largest absolute Gasteiger partial charge is 0.497 e. The maximum absolute atomic E-state index is 5.51. The Morgan fingerprint density at radius 2 is 1.89 bits per heavy atom. The zero-order valence-corrected chi connectivity index (χ0v) is 11.5. The van der Waals surface area contributed by atoms with Crippen molar-refractivity contribution in [2.24, 2.45) is 5.73 Å². The van der Waals surface area contributed by atoms with E-state index in [0.717, 1.165) is 25.1 Å². The van der Waals surface area contributed by atoms with Crippen molar-refractivity contribution in [1.82, 2.24) is 0 Å². The van der Waals surface area contributed by atoms with Crippen LogP contribution in [0.15, 0.2) is 35.7 Å². The highest BCUT2D eigenvalue weighted by Gasteiger charge is 2.03. The van der Waals surface area contributed by atoms with Gasteiger partial charge in [-0.1, -0.05) is 12.1 Å². The highest BCUT2D eigenvalue weighted by molar-refractivity contribution is 7.10. The monoisotopic (exact) mass is 261 g/mol. The lowest BCUT2D eigenvalue weighted by Crippen LogP contribution is -1.98. The fourth-order valence-electron chi connectivity index (χ4n) is 1.89. The van der Waals surface area contributed by atoms with E-state index in [1.807, 2.05) is 23.5 Å². The standard InChI is InChI=1S/C15H19NOS/c1-17-14-7-5-12(6-8-14)13-10-15(18-11-13)4-2-3-9-16/h5-8,10-11H,2-4,9,16H2,1H3. The molecule has 3 heteroatoms. The van der Waals surface area contributed by atoms with Crippen LogP contribution >= 0.6 is 11.3 Å². The average Bonchev–Trinajstić information content (AvgIpc) is 2.88. The molecule has 2 rings (SSSR count). The minimum Gasteiger partial charge on any atom is -0.497 e. The molecule has 0 atom stereocenters. The van der Waals surface area contributed by atoms with Gasteiger partial charge in [0.2, 0.25) is 0 Å². The number of aryl methyl sites for hydroxylation is 1. The second-order valence-corrected chi connectivity index (χ2v) is 5.27. The van der Waals surface area contributed by atoms with Gasteiger partial charge < -0.3 is 10.5 Å². The Balaban J connectivity index is 2.04. The van der Waals surface area contributed by atoms with Gasteiger partial charge in [-0.25, -0.2) is 0 Å². The molecule has 1 heterocycles. The van der Waals surface area contributed by atoms with Gasteiger partial charge in [-0.05, 0) is 60.5 Å². The van der Waals surface area contributed by atoms with Gasteiger partial charge in [0.1, 0.15) is 5.75 Å². The van der Waals surface area contributed by atoms with Crippen LogP contribution in [0.2, 0.25) is 0 Å². The molecule has 0 bridgehead atoms. The summed E-state index contributed by atoms with van der Waals surface area (Å²) in [6.07, 6.45) is 3.42. The molecule has 2 nitrogen and oxygen atoms in total. The van der Waals surface area contributed by atoms with E-state index in [-0.39, 0.29) is 0 Å². The smallest absolute Gasteiger partial charge is 0.118 e. The summed E-state index contributed by atoms with van der Waals surface area (Å²) in [6, 6.07) is 10.5. The Hall–Kier alpha value is -1.32. The summed E-state index contributed by atoms with van der Waals surface area (Å²) in [4.78, 5) is 1.44. The van der Waals surface area contributed by atoms with E-state index in [1.54, 1.807) is 7.11 Å². The number of rotatable bonds is 6. The van der Waals surface area contributed by atoms with Gasteiger partial charge in [0.15, 0.2) is 0 Å². The number of hydrogen-bond acceptors (Lipinski definition) is 3. The summed E-state index contributed by atoms with van der Waals surface area (Å²) in [5, 5.41) is 2.22. The van der Waals surface area contributed by atoms with Gasteiger partial charge >= 0.3 is 0 Å². The van der Waals surface area contributed by atoms with Crippen molar-refractivity contribution in [2.75, 3.05) is 13.7 Å². The van der Waals surface area contributed by atoms with Gasteiger partial charge in [-0.2, -0.15) is 0 Å². The van der Waals surface area contributed by atoms with Crippen molar-refractivity contribution < 1.29 is 4.74 Å². The van der Waals surface area contributed by atoms with Crippen molar-refractivity contribution in [3.63, 3.8) is 0 Å². The zero-order valence-electron chi connectivity index (χ0n) is 10.7. The lowest BCUT2D eigenvalue weighted by atomic mass is 10.1. The van der Waals surface area contributed by atoms with Crippen LogP contribution in [0.3, 0.4) is 0 Å². The van der Waals surface area contributed by atoms with Crippen LogP contribution in [0, 0.1) is 0 Å². The average molecular weight is 261 g/mol. The van der Waals surface area contributed by atoms with Crippen molar-refractivity contribution in [3.8, 4) is 16.9 Å². The second-order valence-electron chi connectivity index (χ2n) is 4.28. The Bertz CT molecular complexity index is 475. The predicted molar refractivity (Wildman–Crippen MR) is 78.3 cm³/mol. The quantitative estimate of drug-likeness (QED) is 0.805. The normalized spacial score (nSPS) is 10.6. The minimum atomic E-state index is 0.788. The molecule has 0 amide bonds. The molecule has 0 saturated carbocycles. The molecule has 18 heavy (non-hydrogen) atoms. The van der Waals surface area contributed by atoms with E-state index >= 15 is 0 Å². The molecule has 1 aromatic carbocycles. The van der Waals surface area contributed by atoms with Crippen molar-refractivity contribution in [1.29, 1.82) is 0 Å². The second kappa shape index (κ2) is 6.57. The van der Waals surface area contributed by atoms with Crippen LogP contribution in [0.4, 0.5) is 0 Å². The van der Waals surface area contributed by atoms with Crippen LogP contribution in [0.1, 0.15) is 17.7 Å². The summed E-state index contributed by atoms with van der Waals surface area (Å²) in [6.45, 7) is 0.788. The molecule has 0 spiro atoms. The Morgan fingerprint density at radius 1 is 1.11 bits per heavy atom. The Morgan fingerprint density at radius 3 is 2.56 bits per heavy atom. The lowest BCUT2D eigenvalue weighted by Gasteiger charge is -2.01. The molecule has 0 unspecified atom stereocenters. The third-order valence-corrected chi connectivity index (χ3v) is 3.95. The predicted octanol–water partition coefficient (Wildman–Crippen LogP) is 3.71. The van der Waals surface area contributed by atoms with Crippen LogP contribution in [0.5, 0.6) is 5.75 Å². The maximum atomic E-state index is 5.51. The van der Waals surface area contributed by atoms with Gasteiger partial charge in [0, 0.05) is 4.88 Å². The number of benzene rings is 1. The van der Waals surface area contributed by atoms with Crippen LogP contribution < -0.4 is 10.5 Å². The first-order chi connectivity index (χ1) is 8.83. The molecular formula is C15H19NOS. The topological polar surface area (TPSA) is 35.2 Å². The number of nitrogens with two attached hydrogens (primary N) is 1. The van der Waals surface area contributed by atoms with Crippen LogP contribution in [-0.4, -0.2) is 13.7 Å². The Kier molecular flexibility index (Phi) is 4.79. The molecule has 2 aromatic rings. The maximum Gasteiger partial charge on any atom is 0.118 e. The summed E-state index contributed by atoms with van der Waals surface area (Å²) < 4.78 is 5.17. The molecular weight excluding hydrogens is 242 g/mol. The molecule has 0 fully saturated rings. The molecule has 2 N–H and O–H groups in total. The molecule has 96 valence electrons. The summed E-state index contributed by atoms with van der Waals surface area (Å²) in [5.41, 5.74) is 8.05. The number of hydrogen-bond donors (Lipinski definition) is 1. The zero-order chi connectivity index (χ0) is 12.8. The third kappa shape index (κ3) is 3.34. The first kappa shape index (κ1) is 13.1. The van der Waals surface area contributed by atoms with E-state index in [2.05, 4.69) is 23.6 Å². The molecule has 0 aliphatic rings. The van der Waals surface area contributed by atoms with Crippen LogP contribution in [0.25, 0.3) is 11.1 Å². The summed E-state index contributed by atoms with van der Waals surface area (Å²) in [7, 11) is 1.69. The van der Waals surface area contributed by atoms with Crippen molar-refractivity contribution in [2.45, 2.75) is 19.3 Å². The fourth-order valence-corrected chi connectivity index (χ4v) is 2.83. The van der Waals surface area contributed by atoms with E-state index < -0.39 is 0 Å². The van der Waals surface area contributed by atoms with Crippen molar-refractivity contribution >= 4 is 11.3 Å². The molecule has 0 radical (unpaired) electrons. The van der Waals surface area contributed by atoms with Gasteiger partial charge in [-0.3, -0.25) is 0 Å². The Labute approximate surface area is 112 Å². The SMILES string of the molecule is COc1ccc(-c2csc(CCCCN)c2)cc1. The van der Waals surface area contributed by atoms with Crippen LogP contribution in [-0.2, 0) is 6.42 Å². The van der Waals surface area contributed by atoms with E-state index in [9.17, 15) is 0 Å². The van der Waals surface area contributed by atoms with E-state index in [1.165, 1.54) is 22.4 Å². The third-order valence-electron chi connectivity index (χ3n) is 2.95. The first-order valence-corrected chi connectivity index (χ1v) is 7.13. The summed E-state index contributed by atoms with van der Waals surface area (Å²) in [5.74, 6) is 0.900. The number of ether oxygens (including phenoxy) is 1. The van der Waals surface area contributed by atoms with Gasteiger partial charge in [0.25, 0.3) is 0 Å². The lowest BCUT2D eigenvalue weighted by molar-refractivity contribution is 0.415. The van der Waals surface area contributed by atoms with Crippen molar-refractivity contribution in [3.05, 3.63) is 40.6 Å². The first-order valence-electron chi connectivity index (χ1n) is 6.25. The van der Waals surface area contributed by atoms with E-state index in [4.69, 9.17) is 10.5 Å². The molecule has 0 aliphatic carbocycles. The molecule has 0 saturated heterocycles. The molecule has 1 aromatic heterocycles. The number of methoxy groups -OCH3 is 1.